The maximum Gasteiger partial charge on any atom is 0.131 e. The molecular formula is C31H35ClN4O. The van der Waals surface area contributed by atoms with Crippen molar-refractivity contribution in [3.8, 4) is 28.1 Å². The average molecular weight is 515 g/mol. The first-order valence-corrected chi connectivity index (χ1v) is 13.2. The van der Waals surface area contributed by atoms with E-state index in [0.717, 1.165) is 68.6 Å². The fourth-order valence-electron chi connectivity index (χ4n) is 5.01. The predicted octanol–water partition coefficient (Wildman–Crippen LogP) is 7.25. The molecular weight excluding hydrogens is 480 g/mol. The largest absolute Gasteiger partial charge is 0.488 e. The lowest BCUT2D eigenvalue weighted by Gasteiger charge is -2.36. The van der Waals surface area contributed by atoms with Gasteiger partial charge in [-0.1, -0.05) is 68.8 Å². The van der Waals surface area contributed by atoms with Crippen molar-refractivity contribution in [3.05, 3.63) is 88.3 Å². The smallest absolute Gasteiger partial charge is 0.131 e. The van der Waals surface area contributed by atoms with Crippen LogP contribution in [0.15, 0.2) is 60.9 Å². The number of aromatic nitrogens is 3. The zero-order valence-corrected chi connectivity index (χ0v) is 23.3. The Morgan fingerprint density at radius 3 is 2.46 bits per heavy atom. The van der Waals surface area contributed by atoms with E-state index in [1.807, 2.05) is 37.4 Å². The lowest BCUT2D eigenvalue weighted by atomic mass is 9.85. The zero-order valence-electron chi connectivity index (χ0n) is 22.5. The molecule has 3 heterocycles. The van der Waals surface area contributed by atoms with Crippen LogP contribution >= 0.6 is 11.6 Å². The first-order chi connectivity index (χ1) is 17.6. The maximum absolute atomic E-state index is 6.77. The van der Waals surface area contributed by atoms with Crippen LogP contribution in [0.5, 0.6) is 5.75 Å². The Hall–Kier alpha value is -3.15. The molecule has 0 unspecified atom stereocenters. The molecule has 0 spiro atoms. The summed E-state index contributed by atoms with van der Waals surface area (Å²) in [4.78, 5) is 7.34. The van der Waals surface area contributed by atoms with E-state index in [1.54, 1.807) is 0 Å². The van der Waals surface area contributed by atoms with Gasteiger partial charge in [-0.15, -0.1) is 0 Å². The van der Waals surface area contributed by atoms with Gasteiger partial charge in [0.25, 0.3) is 0 Å². The number of pyridine rings is 1. The second kappa shape index (κ2) is 9.96. The van der Waals surface area contributed by atoms with Crippen LogP contribution in [0.2, 0.25) is 5.02 Å². The van der Waals surface area contributed by atoms with Crippen LogP contribution in [-0.4, -0.2) is 39.8 Å². The highest BCUT2D eigenvalue weighted by Crippen LogP contribution is 2.40. The molecule has 1 aliphatic heterocycles. The number of hydrogen-bond donors (Lipinski definition) is 0. The molecule has 0 N–H and O–H groups in total. The van der Waals surface area contributed by atoms with Crippen molar-refractivity contribution in [2.75, 3.05) is 20.1 Å². The number of likely N-dealkylation sites (N-methyl/N-ethyl adjacent to an activating group) is 1. The third-order valence-electron chi connectivity index (χ3n) is 7.11. The van der Waals surface area contributed by atoms with Gasteiger partial charge in [0.15, 0.2) is 0 Å². The van der Waals surface area contributed by atoms with Crippen molar-refractivity contribution in [2.45, 2.75) is 52.7 Å². The highest BCUT2D eigenvalue weighted by Gasteiger charge is 2.27. The maximum atomic E-state index is 6.77. The van der Waals surface area contributed by atoms with Crippen LogP contribution in [0.25, 0.3) is 22.4 Å². The Kier molecular flexibility index (Phi) is 6.86. The van der Waals surface area contributed by atoms with Gasteiger partial charge in [-0.3, -0.25) is 9.67 Å². The Balaban J connectivity index is 1.57. The molecule has 2 aromatic carbocycles. The molecule has 37 heavy (non-hydrogen) atoms. The van der Waals surface area contributed by atoms with Crippen LogP contribution in [0, 0.1) is 13.8 Å². The Bertz CT molecular complexity index is 1420. The van der Waals surface area contributed by atoms with E-state index in [1.165, 1.54) is 0 Å². The van der Waals surface area contributed by atoms with E-state index >= 15 is 0 Å². The number of ether oxygens (including phenoxy) is 1. The Morgan fingerprint density at radius 1 is 1.05 bits per heavy atom. The van der Waals surface area contributed by atoms with Gasteiger partial charge < -0.3 is 9.64 Å². The number of nitrogens with zero attached hydrogens (tertiary/aromatic N) is 4. The standard InChI is InChI=1S/C31H35ClN4O/c1-20-12-26(31(3,4)5)27(32)13-25(20)28-14-29(37-19-22-10-8-7-9-11-22)30(21(2)34-28)23-15-33-36(16-23)24-17-35(6)18-24/h7-16,24H,17-19H2,1-6H3. The van der Waals surface area contributed by atoms with Crippen molar-refractivity contribution in [1.82, 2.24) is 19.7 Å². The molecule has 0 atom stereocenters. The van der Waals surface area contributed by atoms with Crippen LogP contribution in [-0.2, 0) is 12.0 Å². The quantitative estimate of drug-likeness (QED) is 0.272. The van der Waals surface area contributed by atoms with E-state index in [2.05, 4.69) is 79.9 Å². The number of aryl methyl sites for hydroxylation is 2. The molecule has 192 valence electrons. The Morgan fingerprint density at radius 2 is 1.78 bits per heavy atom. The Labute approximate surface area is 225 Å². The SMILES string of the molecule is Cc1cc(C(C)(C)C)c(Cl)cc1-c1cc(OCc2ccccc2)c(-c2cnn(C3CN(C)C3)c2)c(C)n1. The molecule has 5 nitrogen and oxygen atoms in total. The fraction of sp³-hybridized carbons (Fsp3) is 0.355. The summed E-state index contributed by atoms with van der Waals surface area (Å²) in [6.07, 6.45) is 4.05. The number of hydrogen-bond acceptors (Lipinski definition) is 4. The lowest BCUT2D eigenvalue weighted by molar-refractivity contribution is 0.130. The zero-order chi connectivity index (χ0) is 26.3. The summed E-state index contributed by atoms with van der Waals surface area (Å²) in [6, 6.07) is 16.9. The predicted molar refractivity (Wildman–Crippen MR) is 151 cm³/mol. The molecule has 0 radical (unpaired) electrons. The third-order valence-corrected chi connectivity index (χ3v) is 7.42. The van der Waals surface area contributed by atoms with Gasteiger partial charge in [0.2, 0.25) is 0 Å². The molecule has 2 aromatic heterocycles. The molecule has 4 aromatic rings. The molecule has 6 heteroatoms. The van der Waals surface area contributed by atoms with Crippen LogP contribution < -0.4 is 4.74 Å². The highest BCUT2D eigenvalue weighted by atomic mass is 35.5. The number of likely N-dealkylation sites (tertiary alicyclic amines) is 1. The first-order valence-electron chi connectivity index (χ1n) is 12.8. The average Bonchev–Trinajstić information content (AvgIpc) is 3.30. The summed E-state index contributed by atoms with van der Waals surface area (Å²) in [5.74, 6) is 0.798. The minimum absolute atomic E-state index is 0.0348. The summed E-state index contributed by atoms with van der Waals surface area (Å²) in [5.41, 5.74) is 8.15. The van der Waals surface area contributed by atoms with Gasteiger partial charge in [-0.05, 0) is 49.1 Å². The van der Waals surface area contributed by atoms with Crippen LogP contribution in [0.3, 0.4) is 0 Å². The third kappa shape index (κ3) is 5.29. The number of benzene rings is 2. The number of rotatable bonds is 6. The van der Waals surface area contributed by atoms with E-state index in [4.69, 9.17) is 21.3 Å². The lowest BCUT2D eigenvalue weighted by Crippen LogP contribution is -2.45. The fourth-order valence-corrected chi connectivity index (χ4v) is 5.46. The normalized spacial score (nSPS) is 14.6. The summed E-state index contributed by atoms with van der Waals surface area (Å²) in [7, 11) is 2.13. The second-order valence-electron chi connectivity index (χ2n) is 11.2. The van der Waals surface area contributed by atoms with Crippen molar-refractivity contribution in [1.29, 1.82) is 0 Å². The highest BCUT2D eigenvalue weighted by molar-refractivity contribution is 6.31. The first kappa shape index (κ1) is 25.5. The van der Waals surface area contributed by atoms with E-state index < -0.39 is 0 Å². The van der Waals surface area contributed by atoms with E-state index in [-0.39, 0.29) is 5.41 Å². The molecule has 0 amide bonds. The molecule has 0 aliphatic carbocycles. The van der Waals surface area contributed by atoms with Crippen molar-refractivity contribution >= 4 is 11.6 Å². The van der Waals surface area contributed by atoms with Gasteiger partial charge in [-0.2, -0.15) is 5.10 Å². The van der Waals surface area contributed by atoms with Gasteiger partial charge in [0, 0.05) is 52.8 Å². The van der Waals surface area contributed by atoms with E-state index in [0.29, 0.717) is 12.6 Å². The summed E-state index contributed by atoms with van der Waals surface area (Å²) in [6.45, 7) is 13.2. The molecule has 0 bridgehead atoms. The van der Waals surface area contributed by atoms with Crippen LogP contribution in [0.1, 0.15) is 49.2 Å². The van der Waals surface area contributed by atoms with E-state index in [9.17, 15) is 0 Å². The van der Waals surface area contributed by atoms with Crippen molar-refractivity contribution in [3.63, 3.8) is 0 Å². The minimum atomic E-state index is -0.0348. The molecule has 0 saturated carbocycles. The minimum Gasteiger partial charge on any atom is -0.488 e. The van der Waals surface area contributed by atoms with Crippen LogP contribution in [0.4, 0.5) is 0 Å². The second-order valence-corrected chi connectivity index (χ2v) is 11.6. The van der Waals surface area contributed by atoms with Gasteiger partial charge in [-0.25, -0.2) is 0 Å². The van der Waals surface area contributed by atoms with Crippen molar-refractivity contribution in [2.24, 2.45) is 0 Å². The van der Waals surface area contributed by atoms with Crippen molar-refractivity contribution < 1.29 is 4.74 Å². The molecule has 5 rings (SSSR count). The molecule has 1 saturated heterocycles. The molecule has 1 aliphatic rings. The summed E-state index contributed by atoms with van der Waals surface area (Å²) >= 11 is 6.77. The molecule has 1 fully saturated rings. The van der Waals surface area contributed by atoms with Gasteiger partial charge >= 0.3 is 0 Å². The monoisotopic (exact) mass is 514 g/mol. The van der Waals surface area contributed by atoms with Gasteiger partial charge in [0.1, 0.15) is 12.4 Å². The topological polar surface area (TPSA) is 43.2 Å². The summed E-state index contributed by atoms with van der Waals surface area (Å²) in [5, 5.41) is 5.44. The summed E-state index contributed by atoms with van der Waals surface area (Å²) < 4.78 is 8.55. The number of halogens is 1. The van der Waals surface area contributed by atoms with Gasteiger partial charge in [0.05, 0.1) is 17.9 Å².